The van der Waals surface area contributed by atoms with Gasteiger partial charge in [0.1, 0.15) is 12.3 Å². The van der Waals surface area contributed by atoms with Gasteiger partial charge in [-0.2, -0.15) is 0 Å². The molecular formula is C14H16N2O4S2. The predicted octanol–water partition coefficient (Wildman–Crippen LogP) is 0.816. The molecule has 3 rings (SSSR count). The lowest BCUT2D eigenvalue weighted by Crippen LogP contribution is -2.39. The Kier molecular flexibility index (Phi) is 3.82. The predicted molar refractivity (Wildman–Crippen MR) is 86.8 cm³/mol. The van der Waals surface area contributed by atoms with E-state index in [1.165, 1.54) is 4.90 Å². The molecule has 0 aromatic heterocycles. The van der Waals surface area contributed by atoms with Crippen LogP contribution in [0.4, 0.5) is 5.69 Å². The molecule has 2 fully saturated rings. The van der Waals surface area contributed by atoms with Gasteiger partial charge in [0.25, 0.3) is 5.91 Å². The summed E-state index contributed by atoms with van der Waals surface area (Å²) in [6, 6.07) is 6.84. The molecule has 1 amide bonds. The highest BCUT2D eigenvalue weighted by molar-refractivity contribution is 7.91. The van der Waals surface area contributed by atoms with E-state index in [1.54, 1.807) is 36.3 Å². The van der Waals surface area contributed by atoms with Crippen molar-refractivity contribution in [2.45, 2.75) is 12.5 Å². The number of hydrogen-bond donors (Lipinski definition) is 0. The first-order valence-corrected chi connectivity index (χ1v) is 9.12. The lowest BCUT2D eigenvalue weighted by atomic mass is 10.2. The number of ether oxygens (including phenoxy) is 1. The Bertz CT molecular complexity index is 715. The van der Waals surface area contributed by atoms with Crippen LogP contribution < -0.4 is 9.64 Å². The summed E-state index contributed by atoms with van der Waals surface area (Å²) in [7, 11) is -1.44. The maximum atomic E-state index is 12.3. The van der Waals surface area contributed by atoms with Gasteiger partial charge in [-0.1, -0.05) is 0 Å². The van der Waals surface area contributed by atoms with E-state index in [9.17, 15) is 13.2 Å². The van der Waals surface area contributed by atoms with Crippen LogP contribution in [0.2, 0.25) is 0 Å². The van der Waals surface area contributed by atoms with E-state index in [1.807, 2.05) is 0 Å². The fraction of sp³-hybridized carbons (Fsp3) is 0.429. The van der Waals surface area contributed by atoms with E-state index >= 15 is 0 Å². The maximum Gasteiger partial charge on any atom is 0.252 e. The minimum absolute atomic E-state index is 0.0663. The van der Waals surface area contributed by atoms with Gasteiger partial charge in [0, 0.05) is 6.04 Å². The second-order valence-electron chi connectivity index (χ2n) is 5.39. The minimum Gasteiger partial charge on any atom is -0.497 e. The van der Waals surface area contributed by atoms with E-state index < -0.39 is 9.84 Å². The van der Waals surface area contributed by atoms with Crippen LogP contribution in [0.1, 0.15) is 6.42 Å². The Morgan fingerprint density at radius 2 is 1.95 bits per heavy atom. The lowest BCUT2D eigenvalue weighted by molar-refractivity contribution is -0.116. The zero-order valence-electron chi connectivity index (χ0n) is 12.1. The van der Waals surface area contributed by atoms with Crippen LogP contribution >= 0.6 is 12.2 Å². The number of methoxy groups -OCH3 is 1. The number of hydrogen-bond acceptors (Lipinski definition) is 5. The molecule has 0 saturated carbocycles. The normalized spacial score (nSPS) is 24.1. The molecule has 1 atom stereocenters. The quantitative estimate of drug-likeness (QED) is 0.759. The number of benzene rings is 1. The second-order valence-corrected chi connectivity index (χ2v) is 7.99. The molecule has 22 heavy (non-hydrogen) atoms. The van der Waals surface area contributed by atoms with Crippen molar-refractivity contribution in [1.82, 2.24) is 4.90 Å². The van der Waals surface area contributed by atoms with Gasteiger partial charge in [0.05, 0.1) is 24.3 Å². The van der Waals surface area contributed by atoms with Crippen molar-refractivity contribution in [3.8, 4) is 5.75 Å². The molecule has 2 aliphatic heterocycles. The third-order valence-corrected chi connectivity index (χ3v) is 6.14. The van der Waals surface area contributed by atoms with Crippen LogP contribution in [0, 0.1) is 0 Å². The molecule has 0 aliphatic carbocycles. The molecule has 118 valence electrons. The molecule has 0 bridgehead atoms. The summed E-state index contributed by atoms with van der Waals surface area (Å²) < 4.78 is 28.3. The monoisotopic (exact) mass is 340 g/mol. The zero-order valence-corrected chi connectivity index (χ0v) is 13.7. The Balaban J connectivity index is 1.82. The number of carbonyl (C=O) groups excluding carboxylic acids is 1. The van der Waals surface area contributed by atoms with Gasteiger partial charge < -0.3 is 9.64 Å². The molecule has 2 heterocycles. The third kappa shape index (κ3) is 2.68. The van der Waals surface area contributed by atoms with Crippen molar-refractivity contribution in [3.63, 3.8) is 0 Å². The van der Waals surface area contributed by atoms with Crippen molar-refractivity contribution in [1.29, 1.82) is 0 Å². The smallest absolute Gasteiger partial charge is 0.252 e. The number of sulfone groups is 1. The summed E-state index contributed by atoms with van der Waals surface area (Å²) in [5.74, 6) is 0.782. The summed E-state index contributed by atoms with van der Waals surface area (Å²) in [4.78, 5) is 15.5. The molecule has 1 aromatic rings. The number of amides is 1. The standard InChI is InChI=1S/C14H16N2O4S2/c1-20-12-4-2-10(3-5-12)16-13(17)8-15(14(16)21)11-6-7-22(18,19)9-11/h2-5,11H,6-9H2,1H3. The molecule has 2 aliphatic rings. The van der Waals surface area contributed by atoms with Gasteiger partial charge in [0.15, 0.2) is 14.9 Å². The highest BCUT2D eigenvalue weighted by atomic mass is 32.2. The van der Waals surface area contributed by atoms with E-state index in [0.717, 1.165) is 0 Å². The number of rotatable bonds is 3. The van der Waals surface area contributed by atoms with Crippen molar-refractivity contribution in [3.05, 3.63) is 24.3 Å². The van der Waals surface area contributed by atoms with E-state index in [-0.39, 0.29) is 30.0 Å². The topological polar surface area (TPSA) is 66.9 Å². The van der Waals surface area contributed by atoms with Gasteiger partial charge in [-0.05, 0) is 42.9 Å². The lowest BCUT2D eigenvalue weighted by Gasteiger charge is -2.25. The number of carbonyl (C=O) groups is 1. The fourth-order valence-corrected chi connectivity index (χ4v) is 4.96. The molecule has 0 spiro atoms. The van der Waals surface area contributed by atoms with Gasteiger partial charge in [-0.3, -0.25) is 9.69 Å². The highest BCUT2D eigenvalue weighted by Crippen LogP contribution is 2.28. The van der Waals surface area contributed by atoms with E-state index in [4.69, 9.17) is 17.0 Å². The van der Waals surface area contributed by atoms with Crippen molar-refractivity contribution >= 4 is 38.8 Å². The molecule has 8 heteroatoms. The van der Waals surface area contributed by atoms with Crippen molar-refractivity contribution in [2.24, 2.45) is 0 Å². The Morgan fingerprint density at radius 3 is 2.50 bits per heavy atom. The fourth-order valence-electron chi connectivity index (χ4n) is 2.81. The Morgan fingerprint density at radius 1 is 1.27 bits per heavy atom. The van der Waals surface area contributed by atoms with Crippen LogP contribution in [-0.4, -0.2) is 55.5 Å². The average Bonchev–Trinajstić information content (AvgIpc) is 2.99. The van der Waals surface area contributed by atoms with Crippen LogP contribution in [0.25, 0.3) is 0 Å². The first kappa shape index (κ1) is 15.2. The van der Waals surface area contributed by atoms with Gasteiger partial charge in [-0.15, -0.1) is 0 Å². The first-order chi connectivity index (χ1) is 10.4. The SMILES string of the molecule is COc1ccc(N2C(=O)CN(C3CCS(=O)(=O)C3)C2=S)cc1. The van der Waals surface area contributed by atoms with Crippen LogP contribution in [0.15, 0.2) is 24.3 Å². The second kappa shape index (κ2) is 5.51. The summed E-state index contributed by atoms with van der Waals surface area (Å²) in [5.41, 5.74) is 0.666. The van der Waals surface area contributed by atoms with Gasteiger partial charge >= 0.3 is 0 Å². The minimum atomic E-state index is -3.01. The Labute approximate surface area is 134 Å². The van der Waals surface area contributed by atoms with Crippen LogP contribution in [0.3, 0.4) is 0 Å². The Hall–Kier alpha value is -1.67. The van der Waals surface area contributed by atoms with E-state index in [0.29, 0.717) is 23.0 Å². The molecular weight excluding hydrogens is 324 g/mol. The molecule has 1 aromatic carbocycles. The number of thiocarbonyl (C=S) groups is 1. The third-order valence-electron chi connectivity index (χ3n) is 3.97. The summed E-state index contributed by atoms with van der Waals surface area (Å²) >= 11 is 5.40. The van der Waals surface area contributed by atoms with Gasteiger partial charge in [-0.25, -0.2) is 8.42 Å². The summed E-state index contributed by atoms with van der Waals surface area (Å²) in [6.45, 7) is 0.130. The van der Waals surface area contributed by atoms with Crippen LogP contribution in [0.5, 0.6) is 5.75 Å². The molecule has 0 radical (unpaired) electrons. The first-order valence-electron chi connectivity index (χ1n) is 6.89. The summed E-state index contributed by atoms with van der Waals surface area (Å²) in [5, 5.41) is 0.372. The molecule has 2 saturated heterocycles. The van der Waals surface area contributed by atoms with Crippen molar-refractivity contribution in [2.75, 3.05) is 30.1 Å². The average molecular weight is 340 g/mol. The van der Waals surface area contributed by atoms with Gasteiger partial charge in [0.2, 0.25) is 0 Å². The molecule has 6 nitrogen and oxygen atoms in total. The molecule has 0 N–H and O–H groups in total. The largest absolute Gasteiger partial charge is 0.497 e. The molecule has 1 unspecified atom stereocenters. The maximum absolute atomic E-state index is 12.3. The number of nitrogens with zero attached hydrogens (tertiary/aromatic N) is 2. The summed E-state index contributed by atoms with van der Waals surface area (Å²) in [6.07, 6.45) is 0.520. The highest BCUT2D eigenvalue weighted by Gasteiger charge is 2.41. The van der Waals surface area contributed by atoms with E-state index in [2.05, 4.69) is 0 Å². The van der Waals surface area contributed by atoms with Crippen LogP contribution in [-0.2, 0) is 14.6 Å². The van der Waals surface area contributed by atoms with Crippen molar-refractivity contribution < 1.29 is 17.9 Å². The zero-order chi connectivity index (χ0) is 15.9. The number of anilines is 1.